The molecule has 0 saturated heterocycles. The van der Waals surface area contributed by atoms with Crippen molar-refractivity contribution in [1.29, 1.82) is 0 Å². The number of likely N-dealkylation sites (N-methyl/N-ethyl adjacent to an activating group) is 1. The summed E-state index contributed by atoms with van der Waals surface area (Å²) >= 11 is 0. The van der Waals surface area contributed by atoms with Crippen molar-refractivity contribution in [2.75, 3.05) is 30.8 Å². The standard InChI is InChI=1S/C15H24N2O3S/c1-11(2)15-10-17(3)13-9-12(5-6-14(13)20-15)21(18,19)8-4-7-16/h5-6,9,11,15H,4,7-8,10,16H2,1-3H3. The van der Waals surface area contributed by atoms with E-state index < -0.39 is 9.84 Å². The van der Waals surface area contributed by atoms with Crippen molar-refractivity contribution in [2.45, 2.75) is 31.3 Å². The van der Waals surface area contributed by atoms with Crippen LogP contribution in [0.15, 0.2) is 23.1 Å². The van der Waals surface area contributed by atoms with E-state index in [0.29, 0.717) is 23.8 Å². The Bertz CT molecular complexity index is 599. The summed E-state index contributed by atoms with van der Waals surface area (Å²) in [6.45, 7) is 5.38. The molecule has 0 amide bonds. The zero-order chi connectivity index (χ0) is 15.6. The molecule has 1 aliphatic rings. The predicted molar refractivity (Wildman–Crippen MR) is 84.7 cm³/mol. The fraction of sp³-hybridized carbons (Fsp3) is 0.600. The van der Waals surface area contributed by atoms with Gasteiger partial charge in [0.1, 0.15) is 11.9 Å². The third-order valence-electron chi connectivity index (χ3n) is 3.79. The Balaban J connectivity index is 2.30. The molecule has 1 aromatic carbocycles. The molecule has 1 aliphatic heterocycles. The lowest BCUT2D eigenvalue weighted by Gasteiger charge is -2.36. The van der Waals surface area contributed by atoms with Crippen LogP contribution in [0.3, 0.4) is 0 Å². The maximum absolute atomic E-state index is 12.2. The van der Waals surface area contributed by atoms with Crippen molar-refractivity contribution >= 4 is 15.5 Å². The van der Waals surface area contributed by atoms with Crippen molar-refractivity contribution < 1.29 is 13.2 Å². The molecule has 1 aromatic rings. The van der Waals surface area contributed by atoms with Crippen LogP contribution in [0.4, 0.5) is 5.69 Å². The predicted octanol–water partition coefficient (Wildman–Crippen LogP) is 1.66. The number of rotatable bonds is 5. The second-order valence-electron chi connectivity index (χ2n) is 5.87. The van der Waals surface area contributed by atoms with Crippen LogP contribution in [0.25, 0.3) is 0 Å². The lowest BCUT2D eigenvalue weighted by Crippen LogP contribution is -2.40. The van der Waals surface area contributed by atoms with E-state index in [2.05, 4.69) is 18.7 Å². The molecule has 0 bridgehead atoms. The molecule has 2 N–H and O–H groups in total. The Labute approximate surface area is 127 Å². The normalized spacial score (nSPS) is 18.5. The van der Waals surface area contributed by atoms with Crippen LogP contribution in [0.1, 0.15) is 20.3 Å². The van der Waals surface area contributed by atoms with E-state index in [4.69, 9.17) is 10.5 Å². The highest BCUT2D eigenvalue weighted by atomic mass is 32.2. The average molecular weight is 312 g/mol. The Hall–Kier alpha value is -1.27. The van der Waals surface area contributed by atoms with Crippen LogP contribution in [0, 0.1) is 5.92 Å². The van der Waals surface area contributed by atoms with Gasteiger partial charge in [0.15, 0.2) is 9.84 Å². The molecule has 0 saturated carbocycles. The number of hydrogen-bond donors (Lipinski definition) is 1. The Morgan fingerprint density at radius 1 is 1.43 bits per heavy atom. The maximum atomic E-state index is 12.2. The van der Waals surface area contributed by atoms with E-state index in [-0.39, 0.29) is 11.9 Å². The Morgan fingerprint density at radius 3 is 2.76 bits per heavy atom. The minimum absolute atomic E-state index is 0.0848. The number of fused-ring (bicyclic) bond motifs is 1. The zero-order valence-corrected chi connectivity index (χ0v) is 13.7. The highest BCUT2D eigenvalue weighted by Gasteiger charge is 2.27. The number of hydrogen-bond acceptors (Lipinski definition) is 5. The summed E-state index contributed by atoms with van der Waals surface area (Å²) in [4.78, 5) is 2.40. The monoisotopic (exact) mass is 312 g/mol. The van der Waals surface area contributed by atoms with E-state index in [1.807, 2.05) is 7.05 Å². The molecule has 0 aliphatic carbocycles. The van der Waals surface area contributed by atoms with Crippen LogP contribution in [-0.2, 0) is 9.84 Å². The maximum Gasteiger partial charge on any atom is 0.178 e. The van der Waals surface area contributed by atoms with Crippen molar-refractivity contribution in [1.82, 2.24) is 0 Å². The average Bonchev–Trinajstić information content (AvgIpc) is 2.44. The topological polar surface area (TPSA) is 72.6 Å². The number of anilines is 1. The summed E-state index contributed by atoms with van der Waals surface area (Å²) in [5.74, 6) is 1.25. The van der Waals surface area contributed by atoms with Gasteiger partial charge in [-0.2, -0.15) is 0 Å². The van der Waals surface area contributed by atoms with Gasteiger partial charge in [-0.05, 0) is 37.1 Å². The van der Waals surface area contributed by atoms with Crippen molar-refractivity contribution in [3.05, 3.63) is 18.2 Å². The van der Waals surface area contributed by atoms with Gasteiger partial charge in [0.2, 0.25) is 0 Å². The van der Waals surface area contributed by atoms with Gasteiger partial charge in [0.25, 0.3) is 0 Å². The summed E-state index contributed by atoms with van der Waals surface area (Å²) in [6, 6.07) is 5.09. The molecule has 5 nitrogen and oxygen atoms in total. The lowest BCUT2D eigenvalue weighted by molar-refractivity contribution is 0.147. The van der Waals surface area contributed by atoms with Gasteiger partial charge >= 0.3 is 0 Å². The molecule has 1 atom stereocenters. The summed E-state index contributed by atoms with van der Waals surface area (Å²) in [5, 5.41) is 0. The first-order chi connectivity index (χ1) is 9.85. The van der Waals surface area contributed by atoms with E-state index in [9.17, 15) is 8.42 Å². The summed E-state index contributed by atoms with van der Waals surface area (Å²) < 4.78 is 30.4. The first-order valence-corrected chi connectivity index (χ1v) is 8.95. The molecule has 0 aromatic heterocycles. The second-order valence-corrected chi connectivity index (χ2v) is 7.98. The van der Waals surface area contributed by atoms with Crippen LogP contribution in [0.5, 0.6) is 5.75 Å². The van der Waals surface area contributed by atoms with Gasteiger partial charge < -0.3 is 15.4 Å². The molecular formula is C15H24N2O3S. The first-order valence-electron chi connectivity index (χ1n) is 7.30. The summed E-state index contributed by atoms with van der Waals surface area (Å²) in [5.41, 5.74) is 6.23. The largest absolute Gasteiger partial charge is 0.486 e. The number of sulfone groups is 1. The van der Waals surface area contributed by atoms with Crippen molar-refractivity contribution in [3.63, 3.8) is 0 Å². The molecular weight excluding hydrogens is 288 g/mol. The summed E-state index contributed by atoms with van der Waals surface area (Å²) in [7, 11) is -1.31. The van der Waals surface area contributed by atoms with Crippen LogP contribution >= 0.6 is 0 Å². The van der Waals surface area contributed by atoms with E-state index in [1.54, 1.807) is 18.2 Å². The fourth-order valence-electron chi connectivity index (χ4n) is 2.40. The molecule has 0 radical (unpaired) electrons. The number of nitrogens with zero attached hydrogens (tertiary/aromatic N) is 1. The summed E-state index contributed by atoms with van der Waals surface area (Å²) in [6.07, 6.45) is 0.600. The quantitative estimate of drug-likeness (QED) is 0.895. The molecule has 0 spiro atoms. The van der Waals surface area contributed by atoms with E-state index in [1.165, 1.54) is 0 Å². The van der Waals surface area contributed by atoms with Gasteiger partial charge in [-0.1, -0.05) is 13.8 Å². The molecule has 6 heteroatoms. The van der Waals surface area contributed by atoms with Gasteiger partial charge in [-0.3, -0.25) is 0 Å². The Morgan fingerprint density at radius 2 is 2.14 bits per heavy atom. The van der Waals surface area contributed by atoms with Crippen LogP contribution in [-0.4, -0.2) is 40.4 Å². The second kappa shape index (κ2) is 6.23. The molecule has 118 valence electrons. The minimum atomic E-state index is -3.27. The van der Waals surface area contributed by atoms with E-state index in [0.717, 1.165) is 18.0 Å². The number of nitrogens with two attached hydrogens (primary N) is 1. The van der Waals surface area contributed by atoms with Crippen molar-refractivity contribution in [2.24, 2.45) is 11.7 Å². The van der Waals surface area contributed by atoms with Crippen LogP contribution in [0.2, 0.25) is 0 Å². The molecule has 2 rings (SSSR count). The SMILES string of the molecule is CC(C)C1CN(C)c2cc(S(=O)(=O)CCCN)ccc2O1. The van der Waals surface area contributed by atoms with Gasteiger partial charge in [-0.15, -0.1) is 0 Å². The van der Waals surface area contributed by atoms with Crippen molar-refractivity contribution in [3.8, 4) is 5.75 Å². The smallest absolute Gasteiger partial charge is 0.178 e. The molecule has 1 unspecified atom stereocenters. The van der Waals surface area contributed by atoms with Gasteiger partial charge in [0.05, 0.1) is 22.9 Å². The molecule has 21 heavy (non-hydrogen) atoms. The molecule has 0 fully saturated rings. The zero-order valence-electron chi connectivity index (χ0n) is 12.9. The number of benzene rings is 1. The third-order valence-corrected chi connectivity index (χ3v) is 5.59. The van der Waals surface area contributed by atoms with E-state index >= 15 is 0 Å². The lowest BCUT2D eigenvalue weighted by atomic mass is 10.0. The highest BCUT2D eigenvalue weighted by molar-refractivity contribution is 7.91. The minimum Gasteiger partial charge on any atom is -0.486 e. The first kappa shape index (κ1) is 16.1. The fourth-order valence-corrected chi connectivity index (χ4v) is 3.74. The van der Waals surface area contributed by atoms with Gasteiger partial charge in [-0.25, -0.2) is 8.42 Å². The highest BCUT2D eigenvalue weighted by Crippen LogP contribution is 2.36. The number of ether oxygens (including phenoxy) is 1. The Kier molecular flexibility index (Phi) is 4.78. The van der Waals surface area contributed by atoms with Gasteiger partial charge in [0, 0.05) is 7.05 Å². The van der Waals surface area contributed by atoms with Crippen LogP contribution < -0.4 is 15.4 Å². The third kappa shape index (κ3) is 3.49. The molecule has 1 heterocycles.